The second kappa shape index (κ2) is 4.87. The Morgan fingerprint density at radius 2 is 2.54 bits per heavy atom. The van der Waals surface area contributed by atoms with E-state index in [1.807, 2.05) is 6.92 Å². The molecule has 1 aromatic rings. The average molecular weight is 203 g/mol. The standard InChI is InChI=1S/C8H11ClN2O2/c1-2-6-5-13-11-7(6)4-10-8(12)3-9/h5H,2-4H2,1H3,(H,10,12). The van der Waals surface area contributed by atoms with Gasteiger partial charge in [0.1, 0.15) is 17.8 Å². The summed E-state index contributed by atoms with van der Waals surface area (Å²) in [7, 11) is 0. The van der Waals surface area contributed by atoms with Crippen LogP contribution in [0.25, 0.3) is 0 Å². The van der Waals surface area contributed by atoms with E-state index in [1.54, 1.807) is 6.26 Å². The molecule has 4 nitrogen and oxygen atoms in total. The van der Waals surface area contributed by atoms with Crippen molar-refractivity contribution in [1.29, 1.82) is 0 Å². The molecule has 5 heteroatoms. The number of carbonyl (C=O) groups is 1. The van der Waals surface area contributed by atoms with Gasteiger partial charge in [0.05, 0.1) is 6.54 Å². The Hall–Kier alpha value is -1.03. The number of hydrogen-bond donors (Lipinski definition) is 1. The van der Waals surface area contributed by atoms with Crippen molar-refractivity contribution in [2.75, 3.05) is 5.88 Å². The molecular weight excluding hydrogens is 192 g/mol. The maximum atomic E-state index is 10.8. The number of rotatable bonds is 4. The van der Waals surface area contributed by atoms with E-state index >= 15 is 0 Å². The maximum absolute atomic E-state index is 10.8. The van der Waals surface area contributed by atoms with Crippen LogP contribution in [0.5, 0.6) is 0 Å². The van der Waals surface area contributed by atoms with Crippen LogP contribution in [0.1, 0.15) is 18.2 Å². The predicted octanol–water partition coefficient (Wildman–Crippen LogP) is 1.09. The molecule has 0 aliphatic carbocycles. The third-order valence-electron chi connectivity index (χ3n) is 1.68. The second-order valence-electron chi connectivity index (χ2n) is 2.55. The molecular formula is C8H11ClN2O2. The molecule has 0 atom stereocenters. The Bertz CT molecular complexity index is 285. The zero-order valence-electron chi connectivity index (χ0n) is 7.34. The van der Waals surface area contributed by atoms with Gasteiger partial charge in [0, 0.05) is 5.56 Å². The fraction of sp³-hybridized carbons (Fsp3) is 0.500. The summed E-state index contributed by atoms with van der Waals surface area (Å²) in [6, 6.07) is 0. The van der Waals surface area contributed by atoms with E-state index in [0.29, 0.717) is 6.54 Å². The van der Waals surface area contributed by atoms with Gasteiger partial charge in [-0.1, -0.05) is 12.1 Å². The molecule has 0 fully saturated rings. The molecule has 1 heterocycles. The van der Waals surface area contributed by atoms with E-state index < -0.39 is 0 Å². The van der Waals surface area contributed by atoms with E-state index in [0.717, 1.165) is 17.7 Å². The molecule has 0 aliphatic rings. The van der Waals surface area contributed by atoms with Gasteiger partial charge in [0.15, 0.2) is 0 Å². The van der Waals surface area contributed by atoms with E-state index in [9.17, 15) is 4.79 Å². The molecule has 0 saturated heterocycles. The first kappa shape index (κ1) is 10.1. The lowest BCUT2D eigenvalue weighted by atomic mass is 10.2. The molecule has 0 bridgehead atoms. The molecule has 1 amide bonds. The molecule has 0 aromatic carbocycles. The summed E-state index contributed by atoms with van der Waals surface area (Å²) < 4.78 is 4.77. The number of halogens is 1. The summed E-state index contributed by atoms with van der Waals surface area (Å²) >= 11 is 5.31. The van der Waals surface area contributed by atoms with Crippen LogP contribution in [0.15, 0.2) is 10.8 Å². The van der Waals surface area contributed by atoms with Gasteiger partial charge in [0.2, 0.25) is 5.91 Å². The molecule has 72 valence electrons. The molecule has 1 aromatic heterocycles. The Morgan fingerprint density at radius 1 is 1.77 bits per heavy atom. The minimum absolute atomic E-state index is 0.0285. The molecule has 0 unspecified atom stereocenters. The normalized spacial score (nSPS) is 10.0. The van der Waals surface area contributed by atoms with Crippen molar-refractivity contribution in [3.63, 3.8) is 0 Å². The van der Waals surface area contributed by atoms with Crippen molar-refractivity contribution >= 4 is 17.5 Å². The highest BCUT2D eigenvalue weighted by Crippen LogP contribution is 2.06. The fourth-order valence-corrected chi connectivity index (χ4v) is 1.04. The molecule has 1 rings (SSSR count). The van der Waals surface area contributed by atoms with Crippen molar-refractivity contribution in [3.8, 4) is 0 Å². The van der Waals surface area contributed by atoms with Gasteiger partial charge in [-0.2, -0.15) is 0 Å². The minimum Gasteiger partial charge on any atom is -0.364 e. The lowest BCUT2D eigenvalue weighted by molar-refractivity contribution is -0.118. The van der Waals surface area contributed by atoms with Crippen LogP contribution in [0.3, 0.4) is 0 Å². The molecule has 13 heavy (non-hydrogen) atoms. The summed E-state index contributed by atoms with van der Waals surface area (Å²) in [5, 5.41) is 6.38. The van der Waals surface area contributed by atoms with Crippen LogP contribution in [0.2, 0.25) is 0 Å². The molecule has 0 saturated carbocycles. The quantitative estimate of drug-likeness (QED) is 0.744. The average Bonchev–Trinajstić information content (AvgIpc) is 2.61. The maximum Gasteiger partial charge on any atom is 0.235 e. The highest BCUT2D eigenvalue weighted by Gasteiger charge is 2.06. The SMILES string of the molecule is CCc1conc1CNC(=O)CCl. The Labute approximate surface area is 81.2 Å². The minimum atomic E-state index is -0.202. The molecule has 1 N–H and O–H groups in total. The molecule has 0 radical (unpaired) electrons. The van der Waals surface area contributed by atoms with Gasteiger partial charge in [-0.3, -0.25) is 4.79 Å². The van der Waals surface area contributed by atoms with Crippen LogP contribution in [-0.2, 0) is 17.8 Å². The van der Waals surface area contributed by atoms with Gasteiger partial charge in [0.25, 0.3) is 0 Å². The third-order valence-corrected chi connectivity index (χ3v) is 1.93. The zero-order chi connectivity index (χ0) is 9.68. The Kier molecular flexibility index (Phi) is 3.76. The number of aromatic nitrogens is 1. The summed E-state index contributed by atoms with van der Waals surface area (Å²) in [4.78, 5) is 10.8. The summed E-state index contributed by atoms with van der Waals surface area (Å²) in [6.07, 6.45) is 2.43. The molecule has 0 aliphatic heterocycles. The number of carbonyl (C=O) groups excluding carboxylic acids is 1. The van der Waals surface area contributed by atoms with Gasteiger partial charge in [-0.15, -0.1) is 11.6 Å². The van der Waals surface area contributed by atoms with Crippen molar-refractivity contribution < 1.29 is 9.32 Å². The monoisotopic (exact) mass is 202 g/mol. The van der Waals surface area contributed by atoms with Crippen LogP contribution >= 0.6 is 11.6 Å². The van der Waals surface area contributed by atoms with Crippen molar-refractivity contribution in [3.05, 3.63) is 17.5 Å². The van der Waals surface area contributed by atoms with Gasteiger partial charge < -0.3 is 9.84 Å². The van der Waals surface area contributed by atoms with Crippen molar-refractivity contribution in [2.45, 2.75) is 19.9 Å². The van der Waals surface area contributed by atoms with Crippen molar-refractivity contribution in [2.24, 2.45) is 0 Å². The number of hydrogen-bond acceptors (Lipinski definition) is 3. The highest BCUT2D eigenvalue weighted by molar-refractivity contribution is 6.27. The number of amides is 1. The van der Waals surface area contributed by atoms with Crippen LogP contribution < -0.4 is 5.32 Å². The first-order chi connectivity index (χ1) is 6.27. The van der Waals surface area contributed by atoms with E-state index in [2.05, 4.69) is 10.5 Å². The predicted molar refractivity (Wildman–Crippen MR) is 48.4 cm³/mol. The number of nitrogens with zero attached hydrogens (tertiary/aromatic N) is 1. The molecule has 0 spiro atoms. The summed E-state index contributed by atoms with van der Waals surface area (Å²) in [5.41, 5.74) is 1.77. The first-order valence-electron chi connectivity index (χ1n) is 4.02. The Balaban J connectivity index is 2.49. The number of alkyl halides is 1. The largest absolute Gasteiger partial charge is 0.364 e. The smallest absolute Gasteiger partial charge is 0.235 e. The van der Waals surface area contributed by atoms with Crippen molar-refractivity contribution in [1.82, 2.24) is 10.5 Å². The van der Waals surface area contributed by atoms with Crippen LogP contribution in [-0.4, -0.2) is 16.9 Å². The lowest BCUT2D eigenvalue weighted by Gasteiger charge is -2.00. The van der Waals surface area contributed by atoms with Crippen LogP contribution in [0, 0.1) is 0 Å². The van der Waals surface area contributed by atoms with E-state index in [1.165, 1.54) is 0 Å². The van der Waals surface area contributed by atoms with E-state index in [-0.39, 0.29) is 11.8 Å². The van der Waals surface area contributed by atoms with Crippen LogP contribution in [0.4, 0.5) is 0 Å². The second-order valence-corrected chi connectivity index (χ2v) is 2.82. The number of nitrogens with one attached hydrogen (secondary N) is 1. The van der Waals surface area contributed by atoms with Gasteiger partial charge in [-0.05, 0) is 6.42 Å². The lowest BCUT2D eigenvalue weighted by Crippen LogP contribution is -2.24. The fourth-order valence-electron chi connectivity index (χ4n) is 0.943. The summed E-state index contributed by atoms with van der Waals surface area (Å²) in [6.45, 7) is 2.38. The summed E-state index contributed by atoms with van der Waals surface area (Å²) in [5.74, 6) is -0.231. The van der Waals surface area contributed by atoms with Gasteiger partial charge >= 0.3 is 0 Å². The topological polar surface area (TPSA) is 55.1 Å². The third kappa shape index (κ3) is 2.73. The highest BCUT2D eigenvalue weighted by atomic mass is 35.5. The Morgan fingerprint density at radius 3 is 3.15 bits per heavy atom. The number of aryl methyl sites for hydroxylation is 1. The first-order valence-corrected chi connectivity index (χ1v) is 4.56. The zero-order valence-corrected chi connectivity index (χ0v) is 8.10. The van der Waals surface area contributed by atoms with Gasteiger partial charge in [-0.25, -0.2) is 0 Å². The van der Waals surface area contributed by atoms with E-state index in [4.69, 9.17) is 16.1 Å².